The number of rotatable bonds is 10. The monoisotopic (exact) mass is 337 g/mol. The molecule has 0 aliphatic rings. The third kappa shape index (κ3) is 4.24. The first-order valence-electron chi connectivity index (χ1n) is 7.53. The molecular formula is C17H23NO6. The standard InChI is InChI=1S/C17H23NO6/c1-5-11(17(20)21)14(18)12(19)8-6-10-7-9-13(22-2)16(24-4)15(10)23-3/h7,9,11,18H,5-6,8H2,1-4H3,(H,20,21)/t11-/m0/s1. The molecule has 1 aromatic carbocycles. The number of carbonyl (C=O) groups is 2. The van der Waals surface area contributed by atoms with Crippen LogP contribution in [0, 0.1) is 11.3 Å². The number of carboxylic acid groups (broad SMARTS) is 1. The van der Waals surface area contributed by atoms with Crippen LogP contribution in [0.5, 0.6) is 17.2 Å². The van der Waals surface area contributed by atoms with Crippen LogP contribution in [0.1, 0.15) is 25.3 Å². The molecule has 0 fully saturated rings. The van der Waals surface area contributed by atoms with E-state index in [0.29, 0.717) is 23.7 Å². The maximum absolute atomic E-state index is 12.1. The minimum Gasteiger partial charge on any atom is -0.493 e. The zero-order valence-electron chi connectivity index (χ0n) is 14.3. The van der Waals surface area contributed by atoms with Gasteiger partial charge in [0, 0.05) is 6.42 Å². The average molecular weight is 337 g/mol. The van der Waals surface area contributed by atoms with Gasteiger partial charge >= 0.3 is 5.97 Å². The molecule has 0 saturated carbocycles. The zero-order valence-corrected chi connectivity index (χ0v) is 14.3. The average Bonchev–Trinajstić information content (AvgIpc) is 2.58. The lowest BCUT2D eigenvalue weighted by Gasteiger charge is -2.16. The van der Waals surface area contributed by atoms with Crippen molar-refractivity contribution in [3.63, 3.8) is 0 Å². The van der Waals surface area contributed by atoms with Gasteiger partial charge in [0.25, 0.3) is 0 Å². The summed E-state index contributed by atoms with van der Waals surface area (Å²) in [6, 6.07) is 3.46. The molecule has 0 saturated heterocycles. The summed E-state index contributed by atoms with van der Waals surface area (Å²) < 4.78 is 15.8. The smallest absolute Gasteiger partial charge is 0.312 e. The van der Waals surface area contributed by atoms with E-state index >= 15 is 0 Å². The third-order valence-corrected chi connectivity index (χ3v) is 3.76. The second kappa shape index (κ2) is 8.90. The highest BCUT2D eigenvalue weighted by molar-refractivity contribution is 6.42. The lowest BCUT2D eigenvalue weighted by molar-refractivity contribution is -0.139. The topological polar surface area (TPSA) is 106 Å². The Labute approximate surface area is 141 Å². The molecule has 7 heteroatoms. The minimum absolute atomic E-state index is 0.0223. The summed E-state index contributed by atoms with van der Waals surface area (Å²) in [5.74, 6) is -1.31. The molecule has 2 N–H and O–H groups in total. The highest BCUT2D eigenvalue weighted by atomic mass is 16.5. The van der Waals surface area contributed by atoms with E-state index in [1.54, 1.807) is 19.1 Å². The van der Waals surface area contributed by atoms with Crippen LogP contribution in [0.4, 0.5) is 0 Å². The Balaban J connectivity index is 2.93. The Hall–Kier alpha value is -2.57. The van der Waals surface area contributed by atoms with Crippen molar-refractivity contribution in [1.29, 1.82) is 5.41 Å². The van der Waals surface area contributed by atoms with Crippen molar-refractivity contribution in [2.75, 3.05) is 21.3 Å². The number of ether oxygens (including phenoxy) is 3. The van der Waals surface area contributed by atoms with E-state index < -0.39 is 17.7 Å². The van der Waals surface area contributed by atoms with E-state index in [9.17, 15) is 9.59 Å². The van der Waals surface area contributed by atoms with E-state index in [1.165, 1.54) is 21.3 Å². The molecule has 1 aromatic rings. The first-order chi connectivity index (χ1) is 11.4. The van der Waals surface area contributed by atoms with Crippen molar-refractivity contribution >= 4 is 17.5 Å². The van der Waals surface area contributed by atoms with Gasteiger partial charge in [-0.2, -0.15) is 0 Å². The number of ketones is 1. The predicted octanol–water partition coefficient (Wildman–Crippen LogP) is 2.34. The molecule has 0 bridgehead atoms. The molecule has 0 aliphatic carbocycles. The van der Waals surface area contributed by atoms with Crippen LogP contribution < -0.4 is 14.2 Å². The number of aliphatic carboxylic acids is 1. The molecule has 1 rings (SSSR count). The highest BCUT2D eigenvalue weighted by Crippen LogP contribution is 2.40. The summed E-state index contributed by atoms with van der Waals surface area (Å²) in [6.45, 7) is 1.64. The van der Waals surface area contributed by atoms with Gasteiger partial charge in [-0.1, -0.05) is 13.0 Å². The maximum Gasteiger partial charge on any atom is 0.312 e. The van der Waals surface area contributed by atoms with Crippen LogP contribution in [0.15, 0.2) is 12.1 Å². The Morgan fingerprint density at radius 3 is 2.21 bits per heavy atom. The van der Waals surface area contributed by atoms with Gasteiger partial charge in [0.15, 0.2) is 17.3 Å². The highest BCUT2D eigenvalue weighted by Gasteiger charge is 2.26. The molecule has 0 amide bonds. The zero-order chi connectivity index (χ0) is 18.3. The van der Waals surface area contributed by atoms with Crippen LogP contribution in [0.25, 0.3) is 0 Å². The number of carboxylic acids is 1. The SMILES string of the molecule is CC[C@@H](C(=N)C(=O)CCc1ccc(OC)c(OC)c1OC)C(=O)O. The van der Waals surface area contributed by atoms with E-state index in [2.05, 4.69) is 0 Å². The molecule has 0 aromatic heterocycles. The van der Waals surface area contributed by atoms with Gasteiger partial charge in [0.1, 0.15) is 5.92 Å². The van der Waals surface area contributed by atoms with Gasteiger partial charge in [-0.3, -0.25) is 9.59 Å². The van der Waals surface area contributed by atoms with Crippen LogP contribution in [0.2, 0.25) is 0 Å². The predicted molar refractivity (Wildman–Crippen MR) is 88.6 cm³/mol. The molecule has 0 aliphatic heterocycles. The second-order valence-corrected chi connectivity index (χ2v) is 5.13. The fraction of sp³-hybridized carbons (Fsp3) is 0.471. The van der Waals surface area contributed by atoms with Crippen molar-refractivity contribution in [1.82, 2.24) is 0 Å². The van der Waals surface area contributed by atoms with Gasteiger partial charge in [-0.05, 0) is 24.5 Å². The number of hydrogen-bond acceptors (Lipinski definition) is 6. The number of benzene rings is 1. The van der Waals surface area contributed by atoms with Gasteiger partial charge < -0.3 is 24.7 Å². The Kier molecular flexibility index (Phi) is 7.23. The van der Waals surface area contributed by atoms with E-state index in [4.69, 9.17) is 24.7 Å². The van der Waals surface area contributed by atoms with Gasteiger partial charge in [0.05, 0.1) is 27.0 Å². The summed E-state index contributed by atoms with van der Waals surface area (Å²) in [5, 5.41) is 16.8. The largest absolute Gasteiger partial charge is 0.493 e. The normalized spacial score (nSPS) is 11.5. The summed E-state index contributed by atoms with van der Waals surface area (Å²) in [5.41, 5.74) is 0.351. The number of nitrogens with one attached hydrogen (secondary N) is 1. The van der Waals surface area contributed by atoms with E-state index in [-0.39, 0.29) is 18.6 Å². The number of methoxy groups -OCH3 is 3. The van der Waals surface area contributed by atoms with E-state index in [0.717, 1.165) is 5.56 Å². The van der Waals surface area contributed by atoms with Gasteiger partial charge in [-0.15, -0.1) is 0 Å². The van der Waals surface area contributed by atoms with Gasteiger partial charge in [0.2, 0.25) is 5.75 Å². The third-order valence-electron chi connectivity index (χ3n) is 3.76. The van der Waals surface area contributed by atoms with Crippen LogP contribution in [-0.2, 0) is 16.0 Å². The van der Waals surface area contributed by atoms with Crippen molar-refractivity contribution in [3.8, 4) is 17.2 Å². The molecule has 132 valence electrons. The van der Waals surface area contributed by atoms with Crippen molar-refractivity contribution in [2.45, 2.75) is 26.2 Å². The lowest BCUT2D eigenvalue weighted by atomic mass is 9.94. The first kappa shape index (κ1) is 19.5. The van der Waals surface area contributed by atoms with Crippen LogP contribution >= 0.6 is 0 Å². The second-order valence-electron chi connectivity index (χ2n) is 5.13. The Morgan fingerprint density at radius 2 is 1.75 bits per heavy atom. The van der Waals surface area contributed by atoms with Crippen LogP contribution in [0.3, 0.4) is 0 Å². The number of Topliss-reactive ketones (excluding diaryl/α,β-unsaturated/α-hetero) is 1. The quantitative estimate of drug-likeness (QED) is 0.635. The molecule has 1 atom stereocenters. The minimum atomic E-state index is -1.15. The molecule has 0 spiro atoms. The maximum atomic E-state index is 12.1. The van der Waals surface area contributed by atoms with Crippen molar-refractivity contribution in [3.05, 3.63) is 17.7 Å². The molecular weight excluding hydrogens is 314 g/mol. The van der Waals surface area contributed by atoms with E-state index in [1.807, 2.05) is 0 Å². The summed E-state index contributed by atoms with van der Waals surface area (Å²) in [7, 11) is 4.49. The fourth-order valence-corrected chi connectivity index (χ4v) is 2.44. The molecule has 0 radical (unpaired) electrons. The van der Waals surface area contributed by atoms with Crippen molar-refractivity contribution in [2.24, 2.45) is 5.92 Å². The summed E-state index contributed by atoms with van der Waals surface area (Å²) in [6.07, 6.45) is 0.537. The van der Waals surface area contributed by atoms with Crippen molar-refractivity contribution < 1.29 is 28.9 Å². The first-order valence-corrected chi connectivity index (χ1v) is 7.53. The molecule has 24 heavy (non-hydrogen) atoms. The molecule has 0 heterocycles. The van der Waals surface area contributed by atoms with Gasteiger partial charge in [-0.25, -0.2) is 0 Å². The fourth-order valence-electron chi connectivity index (χ4n) is 2.44. The molecule has 0 unspecified atom stereocenters. The summed E-state index contributed by atoms with van der Waals surface area (Å²) >= 11 is 0. The number of hydrogen-bond donors (Lipinski definition) is 2. The number of aryl methyl sites for hydroxylation is 1. The Morgan fingerprint density at radius 1 is 1.12 bits per heavy atom. The summed E-state index contributed by atoms with van der Waals surface area (Å²) in [4.78, 5) is 23.2. The molecule has 7 nitrogen and oxygen atoms in total. The lowest BCUT2D eigenvalue weighted by Crippen LogP contribution is -2.29. The van der Waals surface area contributed by atoms with Crippen LogP contribution in [-0.4, -0.2) is 43.9 Å². The Bertz CT molecular complexity index is 626. The number of carbonyl (C=O) groups excluding carboxylic acids is 1.